The molecule has 1 aromatic rings. The molecule has 0 aromatic carbocycles. The van der Waals surface area contributed by atoms with Gasteiger partial charge in [-0.25, -0.2) is 4.98 Å². The lowest BCUT2D eigenvalue weighted by molar-refractivity contribution is 0.0888. The van der Waals surface area contributed by atoms with Crippen LogP contribution in [0.1, 0.15) is 22.7 Å². The van der Waals surface area contributed by atoms with E-state index in [1.54, 1.807) is 18.4 Å². The Kier molecular flexibility index (Phi) is 7.62. The molecule has 1 aliphatic heterocycles. The topological polar surface area (TPSA) is 67.8 Å². The average Bonchev–Trinajstić information content (AvgIpc) is 3.17. The van der Waals surface area contributed by atoms with Crippen molar-refractivity contribution in [2.24, 2.45) is 10.9 Å². The standard InChI is InChI=1S/C15H26N4O2S/c1-12-18-8-14(22-12)9-19-15(16-2)17-5-3-6-20-10-13-4-7-21-11-13/h8,13H,3-7,9-11H2,1-2H3,(H2,16,17,19). The molecule has 124 valence electrons. The molecular weight excluding hydrogens is 300 g/mol. The Morgan fingerprint density at radius 2 is 2.45 bits per heavy atom. The van der Waals surface area contributed by atoms with Gasteiger partial charge >= 0.3 is 0 Å². The van der Waals surface area contributed by atoms with Crippen LogP contribution in [-0.4, -0.2) is 51.0 Å². The van der Waals surface area contributed by atoms with Crippen molar-refractivity contribution in [3.63, 3.8) is 0 Å². The van der Waals surface area contributed by atoms with E-state index in [1.165, 1.54) is 4.88 Å². The molecule has 6 nitrogen and oxygen atoms in total. The van der Waals surface area contributed by atoms with Gasteiger partial charge in [0.1, 0.15) is 0 Å². The van der Waals surface area contributed by atoms with Crippen LogP contribution < -0.4 is 10.6 Å². The number of thiazole rings is 1. The van der Waals surface area contributed by atoms with Gasteiger partial charge in [0, 0.05) is 43.8 Å². The molecule has 0 radical (unpaired) electrons. The van der Waals surface area contributed by atoms with Crippen molar-refractivity contribution in [2.75, 3.05) is 40.0 Å². The maximum Gasteiger partial charge on any atom is 0.191 e. The minimum absolute atomic E-state index is 0.588. The fourth-order valence-corrected chi connectivity index (χ4v) is 2.96. The molecule has 1 aliphatic rings. The maximum absolute atomic E-state index is 5.68. The minimum Gasteiger partial charge on any atom is -0.381 e. The first-order valence-electron chi connectivity index (χ1n) is 7.79. The maximum atomic E-state index is 5.68. The molecule has 0 saturated carbocycles. The number of nitrogens with one attached hydrogen (secondary N) is 2. The van der Waals surface area contributed by atoms with Crippen LogP contribution in [0.25, 0.3) is 0 Å². The molecule has 1 saturated heterocycles. The second-order valence-corrected chi connectivity index (χ2v) is 6.68. The third kappa shape index (κ3) is 6.29. The van der Waals surface area contributed by atoms with Crippen LogP contribution in [0.5, 0.6) is 0 Å². The van der Waals surface area contributed by atoms with Gasteiger partial charge in [-0.2, -0.15) is 0 Å². The van der Waals surface area contributed by atoms with E-state index in [1.807, 2.05) is 13.1 Å². The zero-order valence-corrected chi connectivity index (χ0v) is 14.2. The summed E-state index contributed by atoms with van der Waals surface area (Å²) in [4.78, 5) is 9.66. The lowest BCUT2D eigenvalue weighted by atomic mass is 10.1. The number of aromatic nitrogens is 1. The van der Waals surface area contributed by atoms with Crippen LogP contribution in [0.15, 0.2) is 11.2 Å². The summed E-state index contributed by atoms with van der Waals surface area (Å²) in [6.07, 6.45) is 4.00. The summed E-state index contributed by atoms with van der Waals surface area (Å²) in [5.41, 5.74) is 0. The summed E-state index contributed by atoms with van der Waals surface area (Å²) in [6.45, 7) is 6.94. The Morgan fingerprint density at radius 3 is 3.14 bits per heavy atom. The molecule has 2 heterocycles. The molecule has 0 aliphatic carbocycles. The largest absolute Gasteiger partial charge is 0.381 e. The number of rotatable bonds is 8. The van der Waals surface area contributed by atoms with E-state index >= 15 is 0 Å². The van der Waals surface area contributed by atoms with E-state index in [4.69, 9.17) is 9.47 Å². The Balaban J connectivity index is 1.50. The van der Waals surface area contributed by atoms with Crippen LogP contribution >= 0.6 is 11.3 Å². The molecule has 0 spiro atoms. The highest BCUT2D eigenvalue weighted by Gasteiger charge is 2.15. The Hall–Kier alpha value is -1.18. The van der Waals surface area contributed by atoms with E-state index in [0.717, 1.165) is 63.3 Å². The Morgan fingerprint density at radius 1 is 1.55 bits per heavy atom. The van der Waals surface area contributed by atoms with Crippen LogP contribution in [0, 0.1) is 12.8 Å². The minimum atomic E-state index is 0.588. The smallest absolute Gasteiger partial charge is 0.191 e. The number of aryl methyl sites for hydroxylation is 1. The first kappa shape index (κ1) is 17.2. The molecule has 1 unspecified atom stereocenters. The lowest BCUT2D eigenvalue weighted by Crippen LogP contribution is -2.37. The van der Waals surface area contributed by atoms with Crippen LogP contribution in [-0.2, 0) is 16.0 Å². The third-order valence-corrected chi connectivity index (χ3v) is 4.37. The summed E-state index contributed by atoms with van der Waals surface area (Å²) in [6, 6.07) is 0. The van der Waals surface area contributed by atoms with Crippen molar-refractivity contribution in [1.29, 1.82) is 0 Å². The van der Waals surface area contributed by atoms with Gasteiger partial charge in [0.15, 0.2) is 5.96 Å². The van der Waals surface area contributed by atoms with E-state index in [9.17, 15) is 0 Å². The van der Waals surface area contributed by atoms with Crippen molar-refractivity contribution < 1.29 is 9.47 Å². The van der Waals surface area contributed by atoms with Crippen molar-refractivity contribution in [3.8, 4) is 0 Å². The quantitative estimate of drug-likeness (QED) is 0.431. The number of hydrogen-bond donors (Lipinski definition) is 2. The first-order chi connectivity index (χ1) is 10.8. The summed E-state index contributed by atoms with van der Waals surface area (Å²) < 4.78 is 11.0. The molecular formula is C15H26N4O2S. The number of hydrogen-bond acceptors (Lipinski definition) is 5. The van der Waals surface area contributed by atoms with E-state index in [-0.39, 0.29) is 0 Å². The van der Waals surface area contributed by atoms with Crippen molar-refractivity contribution in [3.05, 3.63) is 16.1 Å². The third-order valence-electron chi connectivity index (χ3n) is 3.46. The molecule has 2 N–H and O–H groups in total. The van der Waals surface area contributed by atoms with E-state index in [0.29, 0.717) is 5.92 Å². The number of guanidine groups is 1. The molecule has 7 heteroatoms. The van der Waals surface area contributed by atoms with E-state index in [2.05, 4.69) is 20.6 Å². The predicted octanol–water partition coefficient (Wildman–Crippen LogP) is 1.56. The van der Waals surface area contributed by atoms with Gasteiger partial charge in [0.25, 0.3) is 0 Å². The Labute approximate surface area is 136 Å². The SMILES string of the molecule is CN=C(NCCCOCC1CCOC1)NCc1cnc(C)s1. The van der Waals surface area contributed by atoms with E-state index < -0.39 is 0 Å². The predicted molar refractivity (Wildman–Crippen MR) is 89.4 cm³/mol. The highest BCUT2D eigenvalue weighted by Crippen LogP contribution is 2.12. The van der Waals surface area contributed by atoms with Gasteiger partial charge in [-0.05, 0) is 19.8 Å². The molecule has 1 atom stereocenters. The van der Waals surface area contributed by atoms with Gasteiger partial charge in [-0.3, -0.25) is 4.99 Å². The van der Waals surface area contributed by atoms with Gasteiger partial charge in [0.2, 0.25) is 0 Å². The molecule has 2 rings (SSSR count). The highest BCUT2D eigenvalue weighted by molar-refractivity contribution is 7.11. The normalized spacial score (nSPS) is 18.6. The zero-order valence-electron chi connectivity index (χ0n) is 13.4. The second kappa shape index (κ2) is 9.76. The molecule has 22 heavy (non-hydrogen) atoms. The number of nitrogens with zero attached hydrogens (tertiary/aromatic N) is 2. The lowest BCUT2D eigenvalue weighted by Gasteiger charge is -2.12. The summed E-state index contributed by atoms with van der Waals surface area (Å²) in [5, 5.41) is 7.67. The van der Waals surface area contributed by atoms with Crippen molar-refractivity contribution in [1.82, 2.24) is 15.6 Å². The van der Waals surface area contributed by atoms with Crippen molar-refractivity contribution >= 4 is 17.3 Å². The number of ether oxygens (including phenoxy) is 2. The monoisotopic (exact) mass is 326 g/mol. The van der Waals surface area contributed by atoms with Gasteiger partial charge in [0.05, 0.1) is 24.8 Å². The summed E-state index contributed by atoms with van der Waals surface area (Å²) in [7, 11) is 1.78. The molecule has 0 amide bonds. The van der Waals surface area contributed by atoms with Crippen molar-refractivity contribution in [2.45, 2.75) is 26.3 Å². The fraction of sp³-hybridized carbons (Fsp3) is 0.733. The average molecular weight is 326 g/mol. The molecule has 0 bridgehead atoms. The summed E-state index contributed by atoms with van der Waals surface area (Å²) in [5.74, 6) is 1.40. The second-order valence-electron chi connectivity index (χ2n) is 5.36. The van der Waals surface area contributed by atoms with Gasteiger partial charge in [-0.1, -0.05) is 0 Å². The van der Waals surface area contributed by atoms with Gasteiger partial charge < -0.3 is 20.1 Å². The zero-order chi connectivity index (χ0) is 15.6. The number of aliphatic imine (C=N–C) groups is 1. The fourth-order valence-electron chi connectivity index (χ4n) is 2.22. The Bertz CT molecular complexity index is 458. The van der Waals surface area contributed by atoms with Crippen LogP contribution in [0.2, 0.25) is 0 Å². The molecule has 1 aromatic heterocycles. The highest BCUT2D eigenvalue weighted by atomic mass is 32.1. The summed E-state index contributed by atoms with van der Waals surface area (Å²) >= 11 is 1.70. The van der Waals surface area contributed by atoms with Gasteiger partial charge in [-0.15, -0.1) is 11.3 Å². The molecule has 1 fully saturated rings. The first-order valence-corrected chi connectivity index (χ1v) is 8.61. The van der Waals surface area contributed by atoms with Crippen LogP contribution in [0.3, 0.4) is 0 Å². The van der Waals surface area contributed by atoms with Crippen LogP contribution in [0.4, 0.5) is 0 Å².